The average Bonchev–Trinajstić information content (AvgIpc) is 3.13. The lowest BCUT2D eigenvalue weighted by Crippen LogP contribution is -2.43. The van der Waals surface area contributed by atoms with Crippen molar-refractivity contribution in [2.45, 2.75) is 37.5 Å². The molecule has 4 heterocycles. The SMILES string of the molecule is O=C1C[C@H]2OC(=S)O[C@@H]2C(=O)N2CC[C@H]1c1cc3c(cc1C2)OCO3. The smallest absolute Gasteiger partial charge is 0.353 e. The molecule has 8 heteroatoms. The van der Waals surface area contributed by atoms with Gasteiger partial charge in [0.05, 0.1) is 0 Å². The van der Waals surface area contributed by atoms with Gasteiger partial charge in [0.25, 0.3) is 5.91 Å². The first-order chi connectivity index (χ1) is 12.1. The summed E-state index contributed by atoms with van der Waals surface area (Å²) in [7, 11) is 0. The Bertz CT molecular complexity index is 809. The lowest BCUT2D eigenvalue weighted by atomic mass is 9.86. The molecule has 5 rings (SSSR count). The molecular weight excluding hydrogens is 346 g/mol. The second-order valence-electron chi connectivity index (χ2n) is 6.62. The maximum atomic E-state index is 13.0. The minimum Gasteiger partial charge on any atom is -0.454 e. The van der Waals surface area contributed by atoms with E-state index in [0.717, 1.165) is 11.1 Å². The molecule has 7 nitrogen and oxygen atoms in total. The van der Waals surface area contributed by atoms with E-state index >= 15 is 0 Å². The van der Waals surface area contributed by atoms with Crippen LogP contribution < -0.4 is 9.47 Å². The zero-order valence-corrected chi connectivity index (χ0v) is 14.0. The second-order valence-corrected chi connectivity index (χ2v) is 6.95. The summed E-state index contributed by atoms with van der Waals surface area (Å²) >= 11 is 4.93. The van der Waals surface area contributed by atoms with Crippen LogP contribution in [0.15, 0.2) is 12.1 Å². The highest BCUT2D eigenvalue weighted by Gasteiger charge is 2.46. The third-order valence-corrected chi connectivity index (χ3v) is 5.41. The van der Waals surface area contributed by atoms with Crippen LogP contribution in [0.4, 0.5) is 0 Å². The van der Waals surface area contributed by atoms with Crippen LogP contribution in [0.2, 0.25) is 0 Å². The maximum absolute atomic E-state index is 13.0. The summed E-state index contributed by atoms with van der Waals surface area (Å²) in [5.41, 5.74) is 1.82. The van der Waals surface area contributed by atoms with Gasteiger partial charge in [-0.3, -0.25) is 9.59 Å². The van der Waals surface area contributed by atoms with Gasteiger partial charge < -0.3 is 23.8 Å². The molecule has 0 spiro atoms. The molecule has 0 unspecified atom stereocenters. The molecule has 4 aliphatic rings. The van der Waals surface area contributed by atoms with E-state index in [9.17, 15) is 9.59 Å². The van der Waals surface area contributed by atoms with Gasteiger partial charge >= 0.3 is 5.24 Å². The van der Waals surface area contributed by atoms with Gasteiger partial charge in [-0.1, -0.05) is 0 Å². The molecule has 0 aliphatic carbocycles. The van der Waals surface area contributed by atoms with Crippen LogP contribution in [0.25, 0.3) is 0 Å². The van der Waals surface area contributed by atoms with Crippen LogP contribution in [-0.2, 0) is 25.6 Å². The fourth-order valence-electron chi connectivity index (χ4n) is 3.98. The summed E-state index contributed by atoms with van der Waals surface area (Å²) < 4.78 is 21.7. The minimum atomic E-state index is -0.842. The molecule has 1 aromatic rings. The van der Waals surface area contributed by atoms with E-state index in [1.807, 2.05) is 12.1 Å². The normalized spacial score (nSPS) is 29.8. The summed E-state index contributed by atoms with van der Waals surface area (Å²) in [4.78, 5) is 27.6. The molecule has 0 aromatic heterocycles. The Morgan fingerprint density at radius 1 is 1.12 bits per heavy atom. The molecule has 25 heavy (non-hydrogen) atoms. The monoisotopic (exact) mass is 361 g/mol. The van der Waals surface area contributed by atoms with Crippen molar-refractivity contribution in [3.8, 4) is 11.5 Å². The van der Waals surface area contributed by atoms with Gasteiger partial charge in [0.1, 0.15) is 5.78 Å². The zero-order chi connectivity index (χ0) is 17.1. The number of fused-ring (bicyclic) bond motifs is 7. The molecule has 0 radical (unpaired) electrons. The Morgan fingerprint density at radius 3 is 2.76 bits per heavy atom. The molecule has 0 saturated carbocycles. The number of nitrogens with zero attached hydrogens (tertiary/aromatic N) is 1. The predicted molar refractivity (Wildman–Crippen MR) is 87.3 cm³/mol. The quantitative estimate of drug-likeness (QED) is 0.644. The Kier molecular flexibility index (Phi) is 3.18. The van der Waals surface area contributed by atoms with Gasteiger partial charge in [-0.15, -0.1) is 0 Å². The van der Waals surface area contributed by atoms with Crippen molar-refractivity contribution in [1.82, 2.24) is 4.90 Å². The van der Waals surface area contributed by atoms with Gasteiger partial charge in [0, 0.05) is 37.6 Å². The zero-order valence-electron chi connectivity index (χ0n) is 13.2. The van der Waals surface area contributed by atoms with E-state index in [2.05, 4.69) is 0 Å². The van der Waals surface area contributed by atoms with Crippen molar-refractivity contribution >= 4 is 29.1 Å². The maximum Gasteiger partial charge on any atom is 0.353 e. The lowest BCUT2D eigenvalue weighted by molar-refractivity contribution is -0.140. The van der Waals surface area contributed by atoms with Crippen molar-refractivity contribution in [2.24, 2.45) is 0 Å². The van der Waals surface area contributed by atoms with Crippen LogP contribution in [0.1, 0.15) is 29.9 Å². The van der Waals surface area contributed by atoms with E-state index in [1.54, 1.807) is 4.90 Å². The Labute approximate surface area is 148 Å². The molecule has 3 atom stereocenters. The number of amides is 1. The molecule has 2 fully saturated rings. The standard InChI is InChI=1S/C17H15NO6S/c19-11-5-14-15(24-17(25)23-14)16(20)18-2-1-9(11)10-4-13-12(21-7-22-13)3-8(10)6-18/h3-4,9,14-15H,1-2,5-7H2/t9-,14+,15-/m0/s1. The van der Waals surface area contributed by atoms with Crippen molar-refractivity contribution in [3.63, 3.8) is 0 Å². The van der Waals surface area contributed by atoms with Crippen LogP contribution >= 0.6 is 12.2 Å². The van der Waals surface area contributed by atoms with E-state index in [4.69, 9.17) is 31.2 Å². The highest BCUT2D eigenvalue weighted by atomic mass is 32.1. The number of hydrogen-bond donors (Lipinski definition) is 0. The van der Waals surface area contributed by atoms with Gasteiger partial charge in [-0.25, -0.2) is 0 Å². The molecule has 4 aliphatic heterocycles. The fourth-order valence-corrected chi connectivity index (χ4v) is 4.21. The highest BCUT2D eigenvalue weighted by molar-refractivity contribution is 7.79. The summed E-state index contributed by atoms with van der Waals surface area (Å²) in [6.45, 7) is 1.05. The Hall–Kier alpha value is -2.35. The van der Waals surface area contributed by atoms with E-state index in [0.29, 0.717) is 31.0 Å². The number of hydrogen-bond acceptors (Lipinski definition) is 7. The number of rotatable bonds is 0. The second kappa shape index (κ2) is 5.32. The highest BCUT2D eigenvalue weighted by Crippen LogP contribution is 2.42. The van der Waals surface area contributed by atoms with Gasteiger partial charge in [0.2, 0.25) is 12.9 Å². The van der Waals surface area contributed by atoms with Crippen LogP contribution in [0.3, 0.4) is 0 Å². The van der Waals surface area contributed by atoms with Crippen molar-refractivity contribution < 1.29 is 28.5 Å². The predicted octanol–water partition coefficient (Wildman–Crippen LogP) is 1.27. The van der Waals surface area contributed by atoms with Gasteiger partial charge in [0.15, 0.2) is 17.6 Å². The van der Waals surface area contributed by atoms with E-state index in [-0.39, 0.29) is 36.1 Å². The molecule has 130 valence electrons. The van der Waals surface area contributed by atoms with E-state index < -0.39 is 12.2 Å². The summed E-state index contributed by atoms with van der Waals surface area (Å²) in [6.07, 6.45) is -0.818. The number of ether oxygens (including phenoxy) is 4. The van der Waals surface area contributed by atoms with Gasteiger partial charge in [-0.05, 0) is 29.7 Å². The molecule has 2 saturated heterocycles. The Balaban J connectivity index is 1.62. The van der Waals surface area contributed by atoms with Crippen LogP contribution in [-0.4, -0.2) is 47.4 Å². The summed E-state index contributed by atoms with van der Waals surface area (Å²) in [5, 5.41) is -0.0641. The topological polar surface area (TPSA) is 74.3 Å². The lowest BCUT2D eigenvalue weighted by Gasteiger charge is -2.25. The van der Waals surface area contributed by atoms with E-state index in [1.165, 1.54) is 0 Å². The van der Waals surface area contributed by atoms with Gasteiger partial charge in [-0.2, -0.15) is 0 Å². The molecule has 0 N–H and O–H groups in total. The first kappa shape index (κ1) is 14.9. The number of ketones is 1. The first-order valence-corrected chi connectivity index (χ1v) is 8.62. The number of benzene rings is 1. The average molecular weight is 361 g/mol. The third-order valence-electron chi connectivity index (χ3n) is 5.21. The molecule has 1 amide bonds. The minimum absolute atomic E-state index is 0.0277. The summed E-state index contributed by atoms with van der Waals surface area (Å²) in [6, 6.07) is 3.75. The fraction of sp³-hybridized carbons (Fsp3) is 0.471. The van der Waals surface area contributed by atoms with Crippen molar-refractivity contribution in [1.29, 1.82) is 0 Å². The van der Waals surface area contributed by atoms with Crippen LogP contribution in [0.5, 0.6) is 11.5 Å². The first-order valence-electron chi connectivity index (χ1n) is 8.21. The third kappa shape index (κ3) is 2.27. The summed E-state index contributed by atoms with van der Waals surface area (Å²) in [5.74, 6) is 0.825. The van der Waals surface area contributed by atoms with Crippen LogP contribution in [0, 0.1) is 0 Å². The molecule has 2 bridgehead atoms. The Morgan fingerprint density at radius 2 is 1.92 bits per heavy atom. The number of carbonyl (C=O) groups is 2. The number of carbonyl (C=O) groups excluding carboxylic acids is 2. The molecular formula is C17H15NO6S. The number of Topliss-reactive ketones (excluding diaryl/α,β-unsaturated/α-hetero) is 1. The van der Waals surface area contributed by atoms with Crippen molar-refractivity contribution in [3.05, 3.63) is 23.3 Å². The number of thiocarbonyl (C=S) groups is 1. The molecule has 1 aromatic carbocycles. The van der Waals surface area contributed by atoms with Crippen molar-refractivity contribution in [2.75, 3.05) is 13.3 Å². The largest absolute Gasteiger partial charge is 0.454 e.